The monoisotopic (exact) mass is 551 g/mol. The second-order valence-corrected chi connectivity index (χ2v) is 10.4. The van der Waals surface area contributed by atoms with Crippen LogP contribution in [0.2, 0.25) is 5.02 Å². The highest BCUT2D eigenvalue weighted by Gasteiger charge is 2.27. The lowest BCUT2D eigenvalue weighted by Gasteiger charge is -2.21. The molecule has 0 aliphatic rings. The van der Waals surface area contributed by atoms with E-state index in [4.69, 9.17) is 11.6 Å². The van der Waals surface area contributed by atoms with Crippen LogP contribution in [0.1, 0.15) is 16.7 Å². The number of amides is 1. The molecule has 10 heteroatoms. The van der Waals surface area contributed by atoms with Crippen LogP contribution in [0.4, 0.5) is 4.39 Å². The minimum Gasteiger partial charge on any atom is -0.272 e. The number of sulfonamides is 1. The SMILES string of the molecule is Cc1ccc(S(=O)(=O)N(CC(=O)N/N=C\c2c(F)cccc2Cl)Cc2ccc(Br)cc2)cc1. The molecule has 0 bridgehead atoms. The molecule has 3 rings (SSSR count). The molecule has 0 atom stereocenters. The van der Waals surface area contributed by atoms with Crippen molar-refractivity contribution in [2.75, 3.05) is 6.54 Å². The summed E-state index contributed by atoms with van der Waals surface area (Å²) in [5, 5.41) is 3.86. The normalized spacial score (nSPS) is 11.8. The van der Waals surface area contributed by atoms with Crippen molar-refractivity contribution in [3.05, 3.63) is 98.7 Å². The van der Waals surface area contributed by atoms with E-state index < -0.39 is 28.3 Å². The molecule has 3 aromatic carbocycles. The molecule has 0 aliphatic heterocycles. The van der Waals surface area contributed by atoms with E-state index in [-0.39, 0.29) is 22.0 Å². The molecular formula is C23H20BrClFN3O3S. The molecule has 1 N–H and O–H groups in total. The molecule has 172 valence electrons. The van der Waals surface area contributed by atoms with E-state index >= 15 is 0 Å². The highest BCUT2D eigenvalue weighted by molar-refractivity contribution is 9.10. The van der Waals surface area contributed by atoms with Crippen LogP contribution in [0.15, 0.2) is 81.2 Å². The van der Waals surface area contributed by atoms with Gasteiger partial charge < -0.3 is 0 Å². The van der Waals surface area contributed by atoms with Gasteiger partial charge in [-0.25, -0.2) is 18.2 Å². The Morgan fingerprint density at radius 1 is 1.12 bits per heavy atom. The highest BCUT2D eigenvalue weighted by Crippen LogP contribution is 2.20. The first-order chi connectivity index (χ1) is 15.7. The van der Waals surface area contributed by atoms with Gasteiger partial charge in [0.15, 0.2) is 0 Å². The summed E-state index contributed by atoms with van der Waals surface area (Å²) >= 11 is 9.28. The van der Waals surface area contributed by atoms with E-state index in [1.165, 1.54) is 30.3 Å². The molecule has 33 heavy (non-hydrogen) atoms. The van der Waals surface area contributed by atoms with Crippen molar-refractivity contribution in [3.63, 3.8) is 0 Å². The molecule has 6 nitrogen and oxygen atoms in total. The molecule has 0 aromatic heterocycles. The summed E-state index contributed by atoms with van der Waals surface area (Å²) in [6, 6.07) is 17.6. The molecular weight excluding hydrogens is 533 g/mol. The van der Waals surface area contributed by atoms with Gasteiger partial charge in [-0.1, -0.05) is 63.4 Å². The summed E-state index contributed by atoms with van der Waals surface area (Å²) < 4.78 is 42.3. The number of benzene rings is 3. The third-order valence-electron chi connectivity index (χ3n) is 4.63. The molecule has 0 fully saturated rings. The molecule has 0 saturated carbocycles. The van der Waals surface area contributed by atoms with Crippen molar-refractivity contribution >= 4 is 49.7 Å². The lowest BCUT2D eigenvalue weighted by atomic mass is 10.2. The van der Waals surface area contributed by atoms with E-state index in [0.29, 0.717) is 5.56 Å². The Kier molecular flexibility index (Phi) is 8.36. The number of rotatable bonds is 8. The number of carbonyl (C=O) groups is 1. The Balaban J connectivity index is 1.81. The quantitative estimate of drug-likeness (QED) is 0.319. The average molecular weight is 553 g/mol. The van der Waals surface area contributed by atoms with E-state index in [1.807, 2.05) is 6.92 Å². The van der Waals surface area contributed by atoms with Crippen LogP contribution in [0.25, 0.3) is 0 Å². The van der Waals surface area contributed by atoms with Gasteiger partial charge in [-0.2, -0.15) is 9.41 Å². The van der Waals surface area contributed by atoms with Crippen molar-refractivity contribution in [1.82, 2.24) is 9.73 Å². The first kappa shape index (κ1) is 25.0. The van der Waals surface area contributed by atoms with Gasteiger partial charge in [0, 0.05) is 16.6 Å². The molecule has 0 unspecified atom stereocenters. The predicted octanol–water partition coefficient (Wildman–Crippen LogP) is 4.89. The van der Waals surface area contributed by atoms with Gasteiger partial charge in [0.1, 0.15) is 5.82 Å². The van der Waals surface area contributed by atoms with Gasteiger partial charge in [-0.3, -0.25) is 4.79 Å². The number of aryl methyl sites for hydroxylation is 1. The lowest BCUT2D eigenvalue weighted by molar-refractivity contribution is -0.121. The fraction of sp³-hybridized carbons (Fsp3) is 0.130. The van der Waals surface area contributed by atoms with Crippen LogP contribution < -0.4 is 5.43 Å². The van der Waals surface area contributed by atoms with E-state index in [0.717, 1.165) is 20.6 Å². The molecule has 1 amide bonds. The molecule has 0 spiro atoms. The third-order valence-corrected chi connectivity index (χ3v) is 7.30. The van der Waals surface area contributed by atoms with Gasteiger partial charge >= 0.3 is 0 Å². The second-order valence-electron chi connectivity index (χ2n) is 7.14. The van der Waals surface area contributed by atoms with Crippen molar-refractivity contribution in [2.45, 2.75) is 18.4 Å². The molecule has 0 saturated heterocycles. The van der Waals surface area contributed by atoms with Crippen molar-refractivity contribution in [1.29, 1.82) is 0 Å². The van der Waals surface area contributed by atoms with Crippen LogP contribution in [0.5, 0.6) is 0 Å². The molecule has 0 aliphatic carbocycles. The topological polar surface area (TPSA) is 78.8 Å². The van der Waals surface area contributed by atoms with E-state index in [9.17, 15) is 17.6 Å². The summed E-state index contributed by atoms with van der Waals surface area (Å²) in [5.41, 5.74) is 3.85. The predicted molar refractivity (Wildman–Crippen MR) is 130 cm³/mol. The van der Waals surface area contributed by atoms with Crippen LogP contribution >= 0.6 is 27.5 Å². The Bertz CT molecular complexity index is 1250. The highest BCUT2D eigenvalue weighted by atomic mass is 79.9. The maximum atomic E-state index is 13.8. The standard InChI is InChI=1S/C23H20BrClFN3O3S/c1-16-5-11-19(12-6-16)33(31,32)29(14-17-7-9-18(24)10-8-17)15-23(30)28-27-13-20-21(25)3-2-4-22(20)26/h2-13H,14-15H2,1H3,(H,28,30)/b27-13-. The summed E-state index contributed by atoms with van der Waals surface area (Å²) in [6.45, 7) is 1.33. The number of carbonyl (C=O) groups excluding carboxylic acids is 1. The number of nitrogens with one attached hydrogen (secondary N) is 1. The second kappa shape index (κ2) is 11.0. The van der Waals surface area contributed by atoms with Gasteiger partial charge in [0.25, 0.3) is 5.91 Å². The van der Waals surface area contributed by atoms with E-state index in [1.54, 1.807) is 36.4 Å². The molecule has 0 heterocycles. The van der Waals surface area contributed by atoms with Crippen LogP contribution in [-0.2, 0) is 21.4 Å². The maximum Gasteiger partial charge on any atom is 0.255 e. The minimum absolute atomic E-state index is 0.0125. The number of nitrogens with zero attached hydrogens (tertiary/aromatic N) is 2. The Morgan fingerprint density at radius 2 is 1.79 bits per heavy atom. The zero-order valence-corrected chi connectivity index (χ0v) is 20.7. The van der Waals surface area contributed by atoms with Crippen LogP contribution in [0.3, 0.4) is 0 Å². The summed E-state index contributed by atoms with van der Waals surface area (Å²) in [6.07, 6.45) is 1.07. The fourth-order valence-corrected chi connectivity index (χ4v) is 4.74. The minimum atomic E-state index is -3.98. The zero-order chi connectivity index (χ0) is 24.0. The number of hydrogen-bond acceptors (Lipinski definition) is 4. The number of hydrogen-bond donors (Lipinski definition) is 1. The van der Waals surface area contributed by atoms with Crippen molar-refractivity contribution < 1.29 is 17.6 Å². The van der Waals surface area contributed by atoms with Gasteiger partial charge in [0.2, 0.25) is 10.0 Å². The molecule has 0 radical (unpaired) electrons. The Hall–Kier alpha value is -2.59. The van der Waals surface area contributed by atoms with Gasteiger partial charge in [-0.05, 0) is 48.9 Å². The Morgan fingerprint density at radius 3 is 2.42 bits per heavy atom. The summed E-state index contributed by atoms with van der Waals surface area (Å²) in [5.74, 6) is -1.29. The van der Waals surface area contributed by atoms with Crippen LogP contribution in [-0.4, -0.2) is 31.4 Å². The summed E-state index contributed by atoms with van der Waals surface area (Å²) in [7, 11) is -3.98. The fourth-order valence-electron chi connectivity index (χ4n) is 2.88. The molecule has 3 aromatic rings. The smallest absolute Gasteiger partial charge is 0.255 e. The zero-order valence-electron chi connectivity index (χ0n) is 17.5. The van der Waals surface area contributed by atoms with Gasteiger partial charge in [0.05, 0.1) is 22.7 Å². The first-order valence-corrected chi connectivity index (χ1v) is 12.3. The largest absolute Gasteiger partial charge is 0.272 e. The lowest BCUT2D eigenvalue weighted by Crippen LogP contribution is -2.39. The van der Waals surface area contributed by atoms with E-state index in [2.05, 4.69) is 26.5 Å². The third kappa shape index (κ3) is 6.70. The first-order valence-electron chi connectivity index (χ1n) is 9.74. The number of hydrazone groups is 1. The van der Waals surface area contributed by atoms with Gasteiger partial charge in [-0.15, -0.1) is 0 Å². The maximum absolute atomic E-state index is 13.8. The van der Waals surface area contributed by atoms with Crippen molar-refractivity contribution in [3.8, 4) is 0 Å². The van der Waals surface area contributed by atoms with Crippen molar-refractivity contribution in [2.24, 2.45) is 5.10 Å². The number of halogens is 3. The Labute approximate surface area is 205 Å². The van der Waals surface area contributed by atoms with Crippen LogP contribution in [0, 0.1) is 12.7 Å². The summed E-state index contributed by atoms with van der Waals surface area (Å²) in [4.78, 5) is 12.6. The average Bonchev–Trinajstić information content (AvgIpc) is 2.77.